The van der Waals surface area contributed by atoms with E-state index in [1.807, 2.05) is 0 Å². The lowest BCUT2D eigenvalue weighted by molar-refractivity contribution is 0.0889. The van der Waals surface area contributed by atoms with Gasteiger partial charge in [-0.15, -0.1) is 0 Å². The molecule has 1 aliphatic rings. The number of nitrogens with one attached hydrogen (secondary N) is 1. The smallest absolute Gasteiger partial charge is 0.254 e. The van der Waals surface area contributed by atoms with Gasteiger partial charge in [0.05, 0.1) is 12.2 Å². The normalized spacial score (nSPS) is 16.9. The Morgan fingerprint density at radius 1 is 1.38 bits per heavy atom. The predicted octanol–water partition coefficient (Wildman–Crippen LogP) is 1.81. The summed E-state index contributed by atoms with van der Waals surface area (Å²) in [5.74, 6) is -2.00. The molecule has 0 spiro atoms. The van der Waals surface area contributed by atoms with Gasteiger partial charge < -0.3 is 15.0 Å². The van der Waals surface area contributed by atoms with Crippen molar-refractivity contribution < 1.29 is 18.3 Å². The summed E-state index contributed by atoms with van der Waals surface area (Å²) in [6.45, 7) is 3.32. The fourth-order valence-electron chi connectivity index (χ4n) is 2.46. The van der Waals surface area contributed by atoms with Gasteiger partial charge in [-0.3, -0.25) is 4.79 Å². The monoisotopic (exact) mass is 298 g/mol. The standard InChI is InChI=1S/C15H20F2N2O2/c1-21-9-8-19-6-4-12(5-7-19)18-15(20)13-3-2-11(16)10-14(13)17/h2-3,10,12H,4-9H2,1H3,(H,18,20). The maximum absolute atomic E-state index is 13.5. The van der Waals surface area contributed by atoms with Crippen molar-refractivity contribution in [1.29, 1.82) is 0 Å². The third-order valence-corrected chi connectivity index (χ3v) is 3.71. The summed E-state index contributed by atoms with van der Waals surface area (Å²) in [6.07, 6.45) is 1.64. The van der Waals surface area contributed by atoms with Crippen LogP contribution < -0.4 is 5.32 Å². The summed E-state index contributed by atoms with van der Waals surface area (Å²) in [5.41, 5.74) is -0.113. The van der Waals surface area contributed by atoms with Crippen molar-refractivity contribution in [2.24, 2.45) is 0 Å². The number of carbonyl (C=O) groups excluding carboxylic acids is 1. The Bertz CT molecular complexity index is 489. The second kappa shape index (κ2) is 7.47. The molecule has 4 nitrogen and oxygen atoms in total. The summed E-state index contributed by atoms with van der Waals surface area (Å²) < 4.78 is 31.4. The lowest BCUT2D eigenvalue weighted by Crippen LogP contribution is -2.45. The molecule has 1 heterocycles. The Labute approximate surface area is 123 Å². The second-order valence-corrected chi connectivity index (χ2v) is 5.21. The molecule has 0 aromatic heterocycles. The molecule has 0 bridgehead atoms. The number of ether oxygens (including phenoxy) is 1. The van der Waals surface area contributed by atoms with E-state index in [1.165, 1.54) is 6.07 Å². The van der Waals surface area contributed by atoms with Gasteiger partial charge in [-0.05, 0) is 25.0 Å². The number of likely N-dealkylation sites (tertiary alicyclic amines) is 1. The predicted molar refractivity (Wildman–Crippen MR) is 75.2 cm³/mol. The highest BCUT2D eigenvalue weighted by molar-refractivity contribution is 5.94. The zero-order chi connectivity index (χ0) is 15.2. The number of rotatable bonds is 5. The molecule has 0 aliphatic carbocycles. The van der Waals surface area contributed by atoms with Crippen molar-refractivity contribution in [2.75, 3.05) is 33.4 Å². The van der Waals surface area contributed by atoms with E-state index in [-0.39, 0.29) is 11.6 Å². The number of nitrogens with zero attached hydrogens (tertiary/aromatic N) is 1. The summed E-state index contributed by atoms with van der Waals surface area (Å²) in [7, 11) is 1.67. The van der Waals surface area contributed by atoms with E-state index in [0.717, 1.165) is 44.6 Å². The van der Waals surface area contributed by atoms with E-state index in [9.17, 15) is 13.6 Å². The molecule has 2 rings (SSSR count). The Morgan fingerprint density at radius 3 is 2.71 bits per heavy atom. The molecule has 1 amide bonds. The fraction of sp³-hybridized carbons (Fsp3) is 0.533. The van der Waals surface area contributed by atoms with E-state index in [2.05, 4.69) is 10.2 Å². The number of piperidine rings is 1. The van der Waals surface area contributed by atoms with E-state index in [1.54, 1.807) is 7.11 Å². The van der Waals surface area contributed by atoms with E-state index in [0.29, 0.717) is 6.61 Å². The van der Waals surface area contributed by atoms with Crippen molar-refractivity contribution in [1.82, 2.24) is 10.2 Å². The molecular weight excluding hydrogens is 278 g/mol. The van der Waals surface area contributed by atoms with Crippen LogP contribution in [0.15, 0.2) is 18.2 Å². The van der Waals surface area contributed by atoms with Crippen LogP contribution in [-0.4, -0.2) is 50.2 Å². The third-order valence-electron chi connectivity index (χ3n) is 3.71. The number of carbonyl (C=O) groups is 1. The highest BCUT2D eigenvalue weighted by Crippen LogP contribution is 2.13. The minimum atomic E-state index is -0.829. The van der Waals surface area contributed by atoms with Crippen LogP contribution in [0.4, 0.5) is 8.78 Å². The number of methoxy groups -OCH3 is 1. The second-order valence-electron chi connectivity index (χ2n) is 5.21. The number of halogens is 2. The largest absolute Gasteiger partial charge is 0.383 e. The molecule has 0 radical (unpaired) electrons. The lowest BCUT2D eigenvalue weighted by Gasteiger charge is -2.32. The lowest BCUT2D eigenvalue weighted by atomic mass is 10.0. The van der Waals surface area contributed by atoms with Crippen LogP contribution >= 0.6 is 0 Å². The number of hydrogen-bond acceptors (Lipinski definition) is 3. The molecule has 0 saturated carbocycles. The summed E-state index contributed by atoms with van der Waals surface area (Å²) >= 11 is 0. The molecule has 1 saturated heterocycles. The molecule has 1 N–H and O–H groups in total. The topological polar surface area (TPSA) is 41.6 Å². The fourth-order valence-corrected chi connectivity index (χ4v) is 2.46. The van der Waals surface area contributed by atoms with Crippen LogP contribution in [0.3, 0.4) is 0 Å². The number of amides is 1. The molecule has 1 aromatic rings. The van der Waals surface area contributed by atoms with Crippen molar-refractivity contribution in [3.63, 3.8) is 0 Å². The molecule has 0 unspecified atom stereocenters. The van der Waals surface area contributed by atoms with Gasteiger partial charge in [0.2, 0.25) is 0 Å². The van der Waals surface area contributed by atoms with Gasteiger partial charge in [0.25, 0.3) is 5.91 Å². The molecule has 21 heavy (non-hydrogen) atoms. The van der Waals surface area contributed by atoms with Crippen LogP contribution in [0, 0.1) is 11.6 Å². The van der Waals surface area contributed by atoms with Crippen molar-refractivity contribution in [3.8, 4) is 0 Å². The molecule has 0 atom stereocenters. The first kappa shape index (κ1) is 15.9. The quantitative estimate of drug-likeness (QED) is 0.901. The molecule has 1 aromatic carbocycles. The maximum atomic E-state index is 13.5. The van der Waals surface area contributed by atoms with Crippen LogP contribution in [0.2, 0.25) is 0 Å². The summed E-state index contributed by atoms with van der Waals surface area (Å²) in [4.78, 5) is 14.3. The summed E-state index contributed by atoms with van der Waals surface area (Å²) in [6, 6.07) is 3.02. The highest BCUT2D eigenvalue weighted by atomic mass is 19.1. The van der Waals surface area contributed by atoms with Crippen LogP contribution in [0.1, 0.15) is 23.2 Å². The first-order chi connectivity index (χ1) is 10.1. The van der Waals surface area contributed by atoms with Gasteiger partial charge in [0.1, 0.15) is 11.6 Å². The van der Waals surface area contributed by atoms with Gasteiger partial charge in [-0.1, -0.05) is 0 Å². The Hall–Kier alpha value is -1.53. The molecule has 1 aliphatic heterocycles. The van der Waals surface area contributed by atoms with Crippen molar-refractivity contribution in [2.45, 2.75) is 18.9 Å². The zero-order valence-corrected chi connectivity index (χ0v) is 12.1. The Morgan fingerprint density at radius 2 is 2.10 bits per heavy atom. The minimum Gasteiger partial charge on any atom is -0.383 e. The first-order valence-corrected chi connectivity index (χ1v) is 7.07. The van der Waals surface area contributed by atoms with E-state index >= 15 is 0 Å². The molecule has 116 valence electrons. The summed E-state index contributed by atoms with van der Waals surface area (Å²) in [5, 5.41) is 2.81. The Balaban J connectivity index is 1.84. The van der Waals surface area contributed by atoms with Gasteiger partial charge in [-0.25, -0.2) is 8.78 Å². The highest BCUT2D eigenvalue weighted by Gasteiger charge is 2.22. The average molecular weight is 298 g/mol. The maximum Gasteiger partial charge on any atom is 0.254 e. The molecule has 6 heteroatoms. The van der Waals surface area contributed by atoms with Crippen molar-refractivity contribution >= 4 is 5.91 Å². The average Bonchev–Trinajstić information content (AvgIpc) is 2.46. The number of benzene rings is 1. The molecule has 1 fully saturated rings. The Kier molecular flexibility index (Phi) is 5.64. The van der Waals surface area contributed by atoms with Gasteiger partial charge in [-0.2, -0.15) is 0 Å². The zero-order valence-electron chi connectivity index (χ0n) is 12.1. The third kappa shape index (κ3) is 4.47. The number of hydrogen-bond donors (Lipinski definition) is 1. The first-order valence-electron chi connectivity index (χ1n) is 7.07. The van der Waals surface area contributed by atoms with Crippen LogP contribution in [-0.2, 0) is 4.74 Å². The molecular formula is C15H20F2N2O2. The van der Waals surface area contributed by atoms with E-state index in [4.69, 9.17) is 4.74 Å². The van der Waals surface area contributed by atoms with Gasteiger partial charge in [0, 0.05) is 38.9 Å². The van der Waals surface area contributed by atoms with Crippen LogP contribution in [0.5, 0.6) is 0 Å². The SMILES string of the molecule is COCCN1CCC(NC(=O)c2ccc(F)cc2F)CC1. The van der Waals surface area contributed by atoms with E-state index < -0.39 is 17.5 Å². The van der Waals surface area contributed by atoms with Crippen molar-refractivity contribution in [3.05, 3.63) is 35.4 Å². The van der Waals surface area contributed by atoms with Crippen LogP contribution in [0.25, 0.3) is 0 Å². The van der Waals surface area contributed by atoms with Gasteiger partial charge >= 0.3 is 0 Å². The van der Waals surface area contributed by atoms with Gasteiger partial charge in [0.15, 0.2) is 0 Å². The minimum absolute atomic E-state index is 0.0285.